The van der Waals surface area contributed by atoms with Crippen LogP contribution in [0, 0.1) is 10.1 Å². The van der Waals surface area contributed by atoms with Gasteiger partial charge in [-0.25, -0.2) is 29.9 Å². The van der Waals surface area contributed by atoms with Gasteiger partial charge in [-0.1, -0.05) is 157 Å². The van der Waals surface area contributed by atoms with E-state index in [9.17, 15) is 10.1 Å². The van der Waals surface area contributed by atoms with Gasteiger partial charge in [0, 0.05) is 85.3 Å². The van der Waals surface area contributed by atoms with E-state index in [1.165, 1.54) is 158 Å². The van der Waals surface area contributed by atoms with E-state index in [-0.39, 0.29) is 10.6 Å². The monoisotopic (exact) mass is 1260 g/mol. The first-order valence-corrected chi connectivity index (χ1v) is 38.1. The number of aromatic nitrogens is 8. The summed E-state index contributed by atoms with van der Waals surface area (Å²) in [5.74, 6) is 8.40. The molecule has 0 spiro atoms. The van der Waals surface area contributed by atoms with Gasteiger partial charge in [-0.15, -0.1) is 70.6 Å². The normalized spacial score (nSPS) is 12.0. The quantitative estimate of drug-likeness (QED) is 0.0164. The average molecular weight is 1260 g/mol. The molecule has 5 heterocycles. The number of non-ortho nitro benzene ring substituents is 1. The Morgan fingerprint density at radius 3 is 0.859 bits per heavy atom. The van der Waals surface area contributed by atoms with Crippen molar-refractivity contribution in [1.82, 2.24) is 39.9 Å². The summed E-state index contributed by atoms with van der Waals surface area (Å²) in [5, 5.41) is 15.8. The molecule has 7 aromatic rings. The molecule has 2 aliphatic rings. The minimum Gasteiger partial charge on any atom is -0.324 e. The van der Waals surface area contributed by atoms with Gasteiger partial charge >= 0.3 is 0 Å². The Morgan fingerprint density at radius 2 is 0.588 bits per heavy atom. The van der Waals surface area contributed by atoms with Crippen LogP contribution in [0.3, 0.4) is 0 Å². The Labute approximate surface area is 531 Å². The highest BCUT2D eigenvalue weighted by Gasteiger charge is 2.27. The molecule has 0 atom stereocenters. The summed E-state index contributed by atoms with van der Waals surface area (Å²) >= 11 is 11.7. The zero-order chi connectivity index (χ0) is 59.3. The molecule has 17 heteroatoms. The molecular formula is C68H89N9O2S6. The topological polar surface area (TPSA) is 152 Å². The smallest absolute Gasteiger partial charge is 0.270 e. The number of fused-ring (bicyclic) bond motifs is 20. The van der Waals surface area contributed by atoms with Crippen LogP contribution in [0.2, 0.25) is 0 Å². The first-order chi connectivity index (χ1) is 41.7. The predicted octanol–water partition coefficient (Wildman–Crippen LogP) is 22.8. The maximum absolute atomic E-state index is 12.5. The third-order valence-corrected chi connectivity index (χ3v) is 23.0. The molecule has 0 saturated heterocycles. The van der Waals surface area contributed by atoms with E-state index in [0.29, 0.717) is 56.7 Å². The highest BCUT2D eigenvalue weighted by molar-refractivity contribution is 8.03. The number of rotatable bonds is 37. The summed E-state index contributed by atoms with van der Waals surface area (Å²) in [6.45, 7) is 13.6. The maximum atomic E-state index is 12.5. The van der Waals surface area contributed by atoms with Crippen molar-refractivity contribution in [1.29, 1.82) is 0 Å². The third kappa shape index (κ3) is 17.3. The molecule has 4 aromatic carbocycles. The fourth-order valence-electron chi connectivity index (χ4n) is 10.9. The number of hydrogen-bond acceptors (Lipinski definition) is 14. The molecule has 0 amide bonds. The largest absolute Gasteiger partial charge is 0.324 e. The molecule has 0 unspecified atom stereocenters. The molecule has 9 rings (SSSR count). The lowest BCUT2D eigenvalue weighted by Gasteiger charge is -2.12. The van der Waals surface area contributed by atoms with Gasteiger partial charge in [0.25, 0.3) is 5.69 Å². The van der Waals surface area contributed by atoms with Gasteiger partial charge < -0.3 is 9.97 Å². The summed E-state index contributed by atoms with van der Waals surface area (Å²) in [5.41, 5.74) is 5.98. The van der Waals surface area contributed by atoms with Crippen LogP contribution >= 0.6 is 70.6 Å². The van der Waals surface area contributed by atoms with Gasteiger partial charge in [0.15, 0.2) is 23.3 Å². The summed E-state index contributed by atoms with van der Waals surface area (Å²) in [7, 11) is 0. The van der Waals surface area contributed by atoms with Gasteiger partial charge in [0.1, 0.15) is 22.6 Å². The van der Waals surface area contributed by atoms with Crippen molar-refractivity contribution >= 4 is 120 Å². The SMILES string of the molecule is CCCCCCSc1cc2c(cc1SCCCCCC)-c1nc-2nc2[nH]c(nc3nc(nc4[nH]c(n1)c1cc(SCCCCCC)c(SCCCCCC)cc41)-c1cc(SCCCCCC)c(SCCCCCC)cc1-3)c1cc([N+](=O)[O-])ccc21. The Kier molecular flexibility index (Phi) is 26.0. The molecule has 0 aliphatic carbocycles. The molecule has 454 valence electrons. The van der Waals surface area contributed by atoms with Crippen LogP contribution < -0.4 is 0 Å². The van der Waals surface area contributed by atoms with E-state index in [4.69, 9.17) is 29.9 Å². The van der Waals surface area contributed by atoms with Crippen LogP contribution in [0.15, 0.2) is 84.0 Å². The van der Waals surface area contributed by atoms with Crippen LogP contribution in [0.4, 0.5) is 5.69 Å². The molecule has 2 aliphatic heterocycles. The second-order valence-electron chi connectivity index (χ2n) is 22.6. The van der Waals surface area contributed by atoms with Gasteiger partial charge in [-0.05, 0) is 116 Å². The Morgan fingerprint density at radius 1 is 0.329 bits per heavy atom. The molecule has 2 N–H and O–H groups in total. The average Bonchev–Trinajstić information content (AvgIpc) is 2.32. The Hall–Kier alpha value is -4.26. The lowest BCUT2D eigenvalue weighted by atomic mass is 10.1. The fourth-order valence-corrected chi connectivity index (χ4v) is 17.7. The standard InChI is InChI=1S/C68H89N9O2S6/c1-7-13-19-25-33-80-55-40-49-50(41-56(55)81-34-26-20-14-8-2)65-72-63(49)70-61-47-32-31-46(77(78)79)39-48(47)62(69-61)71-64-51-42-57(82-35-27-21-15-9-3)58(83-36-28-22-16-10-4)43-52(51)66(73-64)75-68-54-45-60(85-38-30-24-18-12-6)59(84-37-29-23-17-11-5)44-53(54)67(74-65)76-68/h31-32,39-45H,7-30,33-38H2,1-6H3,(H2,69,70,71,72,73,74,75,76). The van der Waals surface area contributed by atoms with Crippen molar-refractivity contribution in [3.63, 3.8) is 0 Å². The van der Waals surface area contributed by atoms with Crippen LogP contribution in [0.1, 0.15) is 196 Å². The van der Waals surface area contributed by atoms with Gasteiger partial charge in [-0.2, -0.15) is 0 Å². The van der Waals surface area contributed by atoms with Crippen LogP contribution in [0.5, 0.6) is 0 Å². The summed E-state index contributed by atoms with van der Waals surface area (Å²) < 4.78 is 0. The van der Waals surface area contributed by atoms with E-state index in [1.54, 1.807) is 18.2 Å². The minimum absolute atomic E-state index is 0.0252. The third-order valence-electron chi connectivity index (χ3n) is 15.8. The van der Waals surface area contributed by atoms with Gasteiger partial charge in [-0.3, -0.25) is 10.1 Å². The molecule has 8 bridgehead atoms. The molecule has 11 nitrogen and oxygen atoms in total. The number of benzene rings is 4. The van der Waals surface area contributed by atoms with Crippen molar-refractivity contribution < 1.29 is 4.92 Å². The molecular weight excluding hydrogens is 1170 g/mol. The summed E-state index contributed by atoms with van der Waals surface area (Å²) in [4.78, 5) is 60.0. The second kappa shape index (κ2) is 33.9. The highest BCUT2D eigenvalue weighted by Crippen LogP contribution is 2.46. The van der Waals surface area contributed by atoms with Crippen LogP contribution in [-0.2, 0) is 0 Å². The van der Waals surface area contributed by atoms with Gasteiger partial charge in [0.2, 0.25) is 0 Å². The molecule has 0 radical (unpaired) electrons. The molecule has 0 fully saturated rings. The van der Waals surface area contributed by atoms with E-state index in [2.05, 4.69) is 87.9 Å². The van der Waals surface area contributed by atoms with Crippen LogP contribution in [0.25, 0.3) is 89.7 Å². The van der Waals surface area contributed by atoms with Crippen LogP contribution in [-0.4, -0.2) is 79.3 Å². The highest BCUT2D eigenvalue weighted by atomic mass is 32.2. The predicted molar refractivity (Wildman–Crippen MR) is 372 cm³/mol. The number of nitrogens with zero attached hydrogens (tertiary/aromatic N) is 7. The zero-order valence-corrected chi connectivity index (χ0v) is 56.2. The van der Waals surface area contributed by atoms with E-state index >= 15 is 0 Å². The Balaban J connectivity index is 1.33. The van der Waals surface area contributed by atoms with Crippen molar-refractivity contribution in [2.45, 2.75) is 225 Å². The minimum atomic E-state index is -0.345. The number of nitrogens with one attached hydrogen (secondary N) is 2. The number of nitro groups is 1. The molecule has 85 heavy (non-hydrogen) atoms. The first-order valence-electron chi connectivity index (χ1n) is 32.2. The number of H-pyrrole nitrogens is 2. The van der Waals surface area contributed by atoms with E-state index in [0.717, 1.165) is 93.2 Å². The second-order valence-corrected chi connectivity index (χ2v) is 29.4. The Bertz CT molecular complexity index is 3530. The lowest BCUT2D eigenvalue weighted by Crippen LogP contribution is -1.90. The number of thioether (sulfide) groups is 6. The number of aromatic amines is 2. The van der Waals surface area contributed by atoms with E-state index < -0.39 is 0 Å². The first kappa shape index (κ1) is 65.2. The van der Waals surface area contributed by atoms with Gasteiger partial charge in [0.05, 0.1) is 4.92 Å². The maximum Gasteiger partial charge on any atom is 0.270 e. The van der Waals surface area contributed by atoms with E-state index in [1.807, 2.05) is 70.6 Å². The van der Waals surface area contributed by atoms with Crippen molar-refractivity contribution in [3.05, 3.63) is 64.7 Å². The lowest BCUT2D eigenvalue weighted by molar-refractivity contribution is -0.384. The number of nitro benzene ring substituents is 1. The zero-order valence-electron chi connectivity index (χ0n) is 51.3. The molecule has 0 saturated carbocycles. The fraction of sp³-hybridized carbons (Fsp3) is 0.529. The summed E-state index contributed by atoms with van der Waals surface area (Å²) in [6.07, 6.45) is 28.9. The van der Waals surface area contributed by atoms with Crippen molar-refractivity contribution in [2.75, 3.05) is 34.5 Å². The molecule has 3 aromatic heterocycles. The summed E-state index contributed by atoms with van der Waals surface area (Å²) in [6, 6.07) is 18.9. The number of hydrogen-bond donors (Lipinski definition) is 2. The number of unbranched alkanes of at least 4 members (excludes halogenated alkanes) is 18. The van der Waals surface area contributed by atoms with Crippen molar-refractivity contribution in [3.8, 4) is 45.6 Å². The van der Waals surface area contributed by atoms with Crippen molar-refractivity contribution in [2.24, 2.45) is 0 Å².